The van der Waals surface area contributed by atoms with E-state index in [2.05, 4.69) is 35.9 Å². The number of pyridine rings is 1. The number of hydrogen-bond acceptors (Lipinski definition) is 4. The SMILES string of the molecule is CCCN(c1nc(-c2ccc(Cl)cc2Cl)c(C)s1)C(c1ccncc1)C1CCCC1. The van der Waals surface area contributed by atoms with Crippen LogP contribution in [-0.4, -0.2) is 16.5 Å². The first-order chi connectivity index (χ1) is 14.6. The van der Waals surface area contributed by atoms with E-state index in [9.17, 15) is 0 Å². The molecule has 158 valence electrons. The molecule has 1 aliphatic carbocycles. The van der Waals surface area contributed by atoms with Crippen molar-refractivity contribution in [1.82, 2.24) is 9.97 Å². The predicted octanol–water partition coefficient (Wildman–Crippen LogP) is 7.97. The molecule has 0 radical (unpaired) electrons. The van der Waals surface area contributed by atoms with Crippen molar-refractivity contribution < 1.29 is 0 Å². The zero-order valence-corrected chi connectivity index (χ0v) is 19.8. The van der Waals surface area contributed by atoms with Gasteiger partial charge in [0.15, 0.2) is 5.13 Å². The van der Waals surface area contributed by atoms with E-state index in [-0.39, 0.29) is 0 Å². The van der Waals surface area contributed by atoms with Gasteiger partial charge < -0.3 is 4.90 Å². The summed E-state index contributed by atoms with van der Waals surface area (Å²) >= 11 is 14.4. The van der Waals surface area contributed by atoms with Crippen LogP contribution in [0.25, 0.3) is 11.3 Å². The quantitative estimate of drug-likeness (QED) is 0.358. The lowest BCUT2D eigenvalue weighted by Gasteiger charge is -2.36. The first-order valence-corrected chi connectivity index (χ1v) is 12.2. The van der Waals surface area contributed by atoms with Gasteiger partial charge in [0, 0.05) is 34.4 Å². The first-order valence-electron chi connectivity index (χ1n) is 10.7. The number of nitrogens with zero attached hydrogens (tertiary/aromatic N) is 3. The van der Waals surface area contributed by atoms with Crippen molar-refractivity contribution in [3.63, 3.8) is 0 Å². The van der Waals surface area contributed by atoms with E-state index in [1.54, 1.807) is 17.4 Å². The molecule has 0 bridgehead atoms. The van der Waals surface area contributed by atoms with Crippen LogP contribution in [0.4, 0.5) is 5.13 Å². The van der Waals surface area contributed by atoms with Crippen molar-refractivity contribution in [3.8, 4) is 11.3 Å². The van der Waals surface area contributed by atoms with Gasteiger partial charge in [-0.2, -0.15) is 0 Å². The van der Waals surface area contributed by atoms with Gasteiger partial charge in [-0.1, -0.05) is 43.0 Å². The maximum atomic E-state index is 6.51. The Balaban J connectivity index is 1.76. The summed E-state index contributed by atoms with van der Waals surface area (Å²) in [5, 5.41) is 2.36. The molecule has 1 aliphatic rings. The first kappa shape index (κ1) is 21.6. The van der Waals surface area contributed by atoms with E-state index in [1.807, 2.05) is 24.5 Å². The monoisotopic (exact) mass is 459 g/mol. The van der Waals surface area contributed by atoms with Gasteiger partial charge in [-0.25, -0.2) is 4.98 Å². The maximum Gasteiger partial charge on any atom is 0.186 e. The molecule has 30 heavy (non-hydrogen) atoms. The molecule has 1 atom stereocenters. The highest BCUT2D eigenvalue weighted by molar-refractivity contribution is 7.16. The van der Waals surface area contributed by atoms with Crippen LogP contribution in [0.2, 0.25) is 10.0 Å². The molecule has 4 rings (SSSR count). The van der Waals surface area contributed by atoms with Gasteiger partial charge in [0.2, 0.25) is 0 Å². The zero-order chi connectivity index (χ0) is 21.1. The lowest BCUT2D eigenvalue weighted by atomic mass is 9.91. The van der Waals surface area contributed by atoms with Crippen molar-refractivity contribution in [3.05, 3.63) is 63.2 Å². The predicted molar refractivity (Wildman–Crippen MR) is 129 cm³/mol. The third-order valence-electron chi connectivity index (χ3n) is 5.91. The number of benzene rings is 1. The molecule has 1 aromatic carbocycles. The summed E-state index contributed by atoms with van der Waals surface area (Å²) in [5.74, 6) is 0.644. The zero-order valence-electron chi connectivity index (χ0n) is 17.4. The van der Waals surface area contributed by atoms with Crippen molar-refractivity contribution >= 4 is 39.7 Å². The second-order valence-corrected chi connectivity index (χ2v) is 10.0. The van der Waals surface area contributed by atoms with E-state index in [0.717, 1.165) is 29.4 Å². The standard InChI is InChI=1S/C24H27Cl2N3S/c1-3-14-29(23(17-6-4-5-7-17)18-10-12-27-13-11-18)24-28-22(16(2)30-24)20-9-8-19(25)15-21(20)26/h8-13,15,17,23H,3-7,14H2,1-2H3. The third kappa shape index (κ3) is 4.51. The number of rotatable bonds is 7. The van der Waals surface area contributed by atoms with Crippen molar-refractivity contribution in [2.75, 3.05) is 11.4 Å². The van der Waals surface area contributed by atoms with E-state index < -0.39 is 0 Å². The van der Waals surface area contributed by atoms with Crippen molar-refractivity contribution in [2.45, 2.75) is 52.0 Å². The number of aromatic nitrogens is 2. The lowest BCUT2D eigenvalue weighted by molar-refractivity contribution is 0.412. The van der Waals surface area contributed by atoms with Gasteiger partial charge in [0.25, 0.3) is 0 Å². The summed E-state index contributed by atoms with van der Waals surface area (Å²) in [6, 6.07) is 10.3. The summed E-state index contributed by atoms with van der Waals surface area (Å²) in [4.78, 5) is 13.1. The van der Waals surface area contributed by atoms with Crippen LogP contribution >= 0.6 is 34.5 Å². The molecule has 2 heterocycles. The molecule has 0 spiro atoms. The van der Waals surface area contributed by atoms with Crippen LogP contribution in [0.5, 0.6) is 0 Å². The Hall–Kier alpha value is -1.62. The van der Waals surface area contributed by atoms with Crippen molar-refractivity contribution in [1.29, 1.82) is 0 Å². The average molecular weight is 460 g/mol. The Bertz CT molecular complexity index is 983. The summed E-state index contributed by atoms with van der Waals surface area (Å²) in [7, 11) is 0. The molecule has 3 aromatic rings. The Morgan fingerprint density at radius 1 is 1.13 bits per heavy atom. The molecule has 0 aliphatic heterocycles. The molecule has 3 nitrogen and oxygen atoms in total. The number of aryl methyl sites for hydroxylation is 1. The minimum atomic E-state index is 0.328. The largest absolute Gasteiger partial charge is 0.341 e. The second kappa shape index (κ2) is 9.67. The Morgan fingerprint density at radius 2 is 1.87 bits per heavy atom. The molecule has 1 fully saturated rings. The van der Waals surface area contributed by atoms with Crippen LogP contribution < -0.4 is 4.90 Å². The molecular weight excluding hydrogens is 433 g/mol. The summed E-state index contributed by atoms with van der Waals surface area (Å²) in [6.07, 6.45) is 10.1. The maximum absolute atomic E-state index is 6.51. The van der Waals surface area contributed by atoms with E-state index in [1.165, 1.54) is 36.1 Å². The van der Waals surface area contributed by atoms with E-state index in [0.29, 0.717) is 22.0 Å². The third-order valence-corrected chi connectivity index (χ3v) is 7.47. The number of halogens is 2. The normalized spacial score (nSPS) is 15.5. The van der Waals surface area contributed by atoms with Crippen molar-refractivity contribution in [2.24, 2.45) is 5.92 Å². The highest BCUT2D eigenvalue weighted by atomic mass is 35.5. The van der Waals surface area contributed by atoms with Crippen LogP contribution in [0.1, 0.15) is 55.5 Å². The fraction of sp³-hybridized carbons (Fsp3) is 0.417. The number of thiazole rings is 1. The van der Waals surface area contributed by atoms with Gasteiger partial charge in [0.1, 0.15) is 0 Å². The average Bonchev–Trinajstić information content (AvgIpc) is 3.39. The van der Waals surface area contributed by atoms with E-state index >= 15 is 0 Å². The Morgan fingerprint density at radius 3 is 2.53 bits per heavy atom. The Kier molecular flexibility index (Phi) is 6.97. The molecule has 0 amide bonds. The molecule has 6 heteroatoms. The fourth-order valence-electron chi connectivity index (χ4n) is 4.57. The van der Waals surface area contributed by atoms with Crippen LogP contribution in [-0.2, 0) is 0 Å². The molecule has 0 N–H and O–H groups in total. The highest BCUT2D eigenvalue weighted by Crippen LogP contribution is 2.44. The fourth-order valence-corrected chi connectivity index (χ4v) is 6.05. The van der Waals surface area contributed by atoms with Gasteiger partial charge in [-0.05, 0) is 68.0 Å². The molecule has 1 unspecified atom stereocenters. The summed E-state index contributed by atoms with van der Waals surface area (Å²) in [5.41, 5.74) is 3.24. The van der Waals surface area contributed by atoms with Gasteiger partial charge >= 0.3 is 0 Å². The van der Waals surface area contributed by atoms with Crippen LogP contribution in [0, 0.1) is 12.8 Å². The van der Waals surface area contributed by atoms with E-state index in [4.69, 9.17) is 28.2 Å². The Labute approximate surface area is 193 Å². The summed E-state index contributed by atoms with van der Waals surface area (Å²) < 4.78 is 0. The van der Waals surface area contributed by atoms with Gasteiger partial charge in [0.05, 0.1) is 16.8 Å². The number of anilines is 1. The highest BCUT2D eigenvalue weighted by Gasteiger charge is 2.33. The summed E-state index contributed by atoms with van der Waals surface area (Å²) in [6.45, 7) is 5.34. The smallest absolute Gasteiger partial charge is 0.186 e. The molecule has 1 saturated carbocycles. The van der Waals surface area contributed by atoms with Gasteiger partial charge in [-0.15, -0.1) is 11.3 Å². The second-order valence-electron chi connectivity index (χ2n) is 7.99. The van der Waals surface area contributed by atoms with Gasteiger partial charge in [-0.3, -0.25) is 4.98 Å². The lowest BCUT2D eigenvalue weighted by Crippen LogP contribution is -2.33. The topological polar surface area (TPSA) is 29.0 Å². The van der Waals surface area contributed by atoms with Crippen LogP contribution in [0.15, 0.2) is 42.7 Å². The number of hydrogen-bond donors (Lipinski definition) is 0. The molecular formula is C24H27Cl2N3S. The minimum Gasteiger partial charge on any atom is -0.341 e. The minimum absolute atomic E-state index is 0.328. The molecule has 0 saturated heterocycles. The van der Waals surface area contributed by atoms with Crippen LogP contribution in [0.3, 0.4) is 0 Å². The molecule has 2 aromatic heterocycles.